The number of ether oxygens (including phenoxy) is 2. The monoisotopic (exact) mass is 428 g/mol. The van der Waals surface area contributed by atoms with Gasteiger partial charge in [0.1, 0.15) is 16.9 Å². The molecular weight excluding hydrogens is 396 g/mol. The van der Waals surface area contributed by atoms with Crippen LogP contribution < -0.4 is 10.4 Å². The summed E-state index contributed by atoms with van der Waals surface area (Å²) in [5.41, 5.74) is -0.0201. The van der Waals surface area contributed by atoms with E-state index < -0.39 is 5.63 Å². The Balaban J connectivity index is 1.50. The van der Waals surface area contributed by atoms with E-state index in [2.05, 4.69) is 4.90 Å². The number of benzene rings is 1. The molecule has 0 bridgehead atoms. The van der Waals surface area contributed by atoms with Gasteiger partial charge in [0.25, 0.3) is 5.91 Å². The van der Waals surface area contributed by atoms with E-state index in [9.17, 15) is 9.59 Å². The molecular formula is C24H32N2O5. The standard InChI is InChI=1S/C24H32N2O5/c1-2-13-30-20-7-6-18-16-21(24(28)31-22(18)17-20)23(27)26-9-4-3-5-19(26)8-10-25-11-14-29-15-12-25/h6-7,16-17,19H,2-5,8-15H2,1H3. The van der Waals surface area contributed by atoms with Crippen molar-refractivity contribution in [3.8, 4) is 5.75 Å². The number of carbonyl (C=O) groups is 1. The van der Waals surface area contributed by atoms with Gasteiger partial charge in [0, 0.05) is 43.7 Å². The highest BCUT2D eigenvalue weighted by molar-refractivity contribution is 5.97. The Morgan fingerprint density at radius 1 is 1.16 bits per heavy atom. The average Bonchev–Trinajstić information content (AvgIpc) is 2.81. The highest BCUT2D eigenvalue weighted by Gasteiger charge is 2.30. The molecule has 168 valence electrons. The minimum absolute atomic E-state index is 0.119. The highest BCUT2D eigenvalue weighted by atomic mass is 16.5. The maximum atomic E-state index is 13.3. The molecule has 2 fully saturated rings. The lowest BCUT2D eigenvalue weighted by Crippen LogP contribution is -2.47. The van der Waals surface area contributed by atoms with E-state index in [0.29, 0.717) is 24.5 Å². The van der Waals surface area contributed by atoms with Crippen molar-refractivity contribution in [2.45, 2.75) is 45.1 Å². The molecule has 0 radical (unpaired) electrons. The van der Waals surface area contributed by atoms with Gasteiger partial charge in [-0.1, -0.05) is 6.92 Å². The predicted molar refractivity (Wildman–Crippen MR) is 119 cm³/mol. The molecule has 0 aliphatic carbocycles. The summed E-state index contributed by atoms with van der Waals surface area (Å²) >= 11 is 0. The van der Waals surface area contributed by atoms with Crippen LogP contribution in [0.5, 0.6) is 5.75 Å². The van der Waals surface area contributed by atoms with Gasteiger partial charge in [-0.05, 0) is 50.3 Å². The quantitative estimate of drug-likeness (QED) is 0.630. The molecule has 2 aliphatic rings. The summed E-state index contributed by atoms with van der Waals surface area (Å²) in [6.45, 7) is 7.71. The summed E-state index contributed by atoms with van der Waals surface area (Å²) in [6, 6.07) is 7.22. The van der Waals surface area contributed by atoms with Crippen molar-refractivity contribution in [1.82, 2.24) is 9.80 Å². The zero-order valence-corrected chi connectivity index (χ0v) is 18.3. The summed E-state index contributed by atoms with van der Waals surface area (Å²) < 4.78 is 16.6. The third-order valence-electron chi connectivity index (χ3n) is 6.18. The number of morpholine rings is 1. The smallest absolute Gasteiger partial charge is 0.349 e. The van der Waals surface area contributed by atoms with Crippen LogP contribution in [-0.2, 0) is 4.74 Å². The van der Waals surface area contributed by atoms with Crippen LogP contribution in [-0.4, -0.2) is 67.7 Å². The SMILES string of the molecule is CCCOc1ccc2cc(C(=O)N3CCCCC3CCN3CCOCC3)c(=O)oc2c1. The van der Waals surface area contributed by atoms with Gasteiger partial charge in [-0.15, -0.1) is 0 Å². The van der Waals surface area contributed by atoms with Gasteiger partial charge >= 0.3 is 5.63 Å². The highest BCUT2D eigenvalue weighted by Crippen LogP contribution is 2.24. The molecule has 0 spiro atoms. The van der Waals surface area contributed by atoms with E-state index in [1.807, 2.05) is 24.0 Å². The fourth-order valence-electron chi connectivity index (χ4n) is 4.43. The van der Waals surface area contributed by atoms with Crippen molar-refractivity contribution in [2.75, 3.05) is 46.0 Å². The number of likely N-dealkylation sites (tertiary alicyclic amines) is 1. The second-order valence-corrected chi connectivity index (χ2v) is 8.39. The lowest BCUT2D eigenvalue weighted by molar-refractivity contribution is 0.0295. The van der Waals surface area contributed by atoms with Gasteiger partial charge in [0.05, 0.1) is 19.8 Å². The van der Waals surface area contributed by atoms with Gasteiger partial charge < -0.3 is 18.8 Å². The molecule has 1 aromatic heterocycles. The van der Waals surface area contributed by atoms with Crippen LogP contribution in [0.3, 0.4) is 0 Å². The van der Waals surface area contributed by atoms with E-state index >= 15 is 0 Å². The molecule has 4 rings (SSSR count). The number of amides is 1. The van der Waals surface area contributed by atoms with Crippen LogP contribution in [0.15, 0.2) is 33.5 Å². The summed E-state index contributed by atoms with van der Waals surface area (Å²) in [5, 5.41) is 0.730. The van der Waals surface area contributed by atoms with E-state index in [1.165, 1.54) is 0 Å². The van der Waals surface area contributed by atoms with E-state index in [0.717, 1.165) is 70.3 Å². The van der Waals surface area contributed by atoms with Crippen molar-refractivity contribution in [3.05, 3.63) is 40.2 Å². The zero-order valence-electron chi connectivity index (χ0n) is 18.3. The molecule has 1 aromatic carbocycles. The van der Waals surface area contributed by atoms with Gasteiger partial charge in [0.15, 0.2) is 0 Å². The predicted octanol–water partition coefficient (Wildman–Crippen LogP) is 3.30. The van der Waals surface area contributed by atoms with Gasteiger partial charge in [0.2, 0.25) is 0 Å². The van der Waals surface area contributed by atoms with Gasteiger partial charge in [-0.25, -0.2) is 4.79 Å². The van der Waals surface area contributed by atoms with Gasteiger partial charge in [-0.3, -0.25) is 9.69 Å². The molecule has 7 nitrogen and oxygen atoms in total. The minimum Gasteiger partial charge on any atom is -0.493 e. The summed E-state index contributed by atoms with van der Waals surface area (Å²) in [4.78, 5) is 30.3. The summed E-state index contributed by atoms with van der Waals surface area (Å²) in [6.07, 6.45) is 4.88. The van der Waals surface area contributed by atoms with Gasteiger partial charge in [-0.2, -0.15) is 0 Å². The maximum absolute atomic E-state index is 13.3. The van der Waals surface area contributed by atoms with Crippen molar-refractivity contribution < 1.29 is 18.7 Å². The first-order chi connectivity index (χ1) is 15.2. The van der Waals surface area contributed by atoms with Crippen LogP contribution in [0.2, 0.25) is 0 Å². The third kappa shape index (κ3) is 5.28. The number of rotatable bonds is 7. The maximum Gasteiger partial charge on any atom is 0.349 e. The van der Waals surface area contributed by atoms with Crippen LogP contribution in [0.1, 0.15) is 49.4 Å². The Labute approximate surface area is 182 Å². The fourth-order valence-corrected chi connectivity index (χ4v) is 4.43. The molecule has 0 N–H and O–H groups in total. The number of carbonyl (C=O) groups excluding carboxylic acids is 1. The average molecular weight is 429 g/mol. The zero-order chi connectivity index (χ0) is 21.6. The summed E-state index contributed by atoms with van der Waals surface area (Å²) in [7, 11) is 0. The number of hydrogen-bond acceptors (Lipinski definition) is 6. The van der Waals surface area contributed by atoms with E-state index in [-0.39, 0.29) is 17.5 Å². The van der Waals surface area contributed by atoms with E-state index in [4.69, 9.17) is 13.9 Å². The van der Waals surface area contributed by atoms with Crippen molar-refractivity contribution in [3.63, 3.8) is 0 Å². The van der Waals surface area contributed by atoms with Crippen molar-refractivity contribution in [2.24, 2.45) is 0 Å². The number of piperidine rings is 1. The normalized spacial score (nSPS) is 20.2. The molecule has 2 aliphatic heterocycles. The number of hydrogen-bond donors (Lipinski definition) is 0. The van der Waals surface area contributed by atoms with Crippen LogP contribution in [0, 0.1) is 0 Å². The molecule has 1 unspecified atom stereocenters. The van der Waals surface area contributed by atoms with Crippen LogP contribution in [0.4, 0.5) is 0 Å². The molecule has 2 saturated heterocycles. The topological polar surface area (TPSA) is 72.2 Å². The van der Waals surface area contributed by atoms with Crippen molar-refractivity contribution >= 4 is 16.9 Å². The minimum atomic E-state index is -0.581. The molecule has 31 heavy (non-hydrogen) atoms. The van der Waals surface area contributed by atoms with Crippen LogP contribution in [0.25, 0.3) is 11.0 Å². The Kier molecular flexibility index (Phi) is 7.25. The second-order valence-electron chi connectivity index (χ2n) is 8.39. The number of fused-ring (bicyclic) bond motifs is 1. The second kappa shape index (κ2) is 10.3. The third-order valence-corrected chi connectivity index (χ3v) is 6.18. The molecule has 2 aromatic rings. The lowest BCUT2D eigenvalue weighted by Gasteiger charge is -2.37. The Morgan fingerprint density at radius 2 is 2.00 bits per heavy atom. The molecule has 0 saturated carbocycles. The first-order valence-corrected chi connectivity index (χ1v) is 11.5. The largest absolute Gasteiger partial charge is 0.493 e. The first kappa shape index (κ1) is 21.8. The Hall–Kier alpha value is -2.38. The summed E-state index contributed by atoms with van der Waals surface area (Å²) in [5.74, 6) is 0.449. The molecule has 1 amide bonds. The number of nitrogens with zero attached hydrogens (tertiary/aromatic N) is 2. The first-order valence-electron chi connectivity index (χ1n) is 11.5. The van der Waals surface area contributed by atoms with E-state index in [1.54, 1.807) is 12.1 Å². The Morgan fingerprint density at radius 3 is 2.81 bits per heavy atom. The molecule has 7 heteroatoms. The Bertz CT molecular complexity index is 951. The lowest BCUT2D eigenvalue weighted by atomic mass is 9.98. The van der Waals surface area contributed by atoms with Crippen LogP contribution >= 0.6 is 0 Å². The molecule has 3 heterocycles. The fraction of sp³-hybridized carbons (Fsp3) is 0.583. The van der Waals surface area contributed by atoms with Crippen molar-refractivity contribution in [1.29, 1.82) is 0 Å². The molecule has 1 atom stereocenters.